The van der Waals surface area contributed by atoms with Crippen LogP contribution in [0.5, 0.6) is 0 Å². The third-order valence-corrected chi connectivity index (χ3v) is 4.84. The summed E-state index contributed by atoms with van der Waals surface area (Å²) in [6.45, 7) is 12.3. The molecule has 1 saturated heterocycles. The van der Waals surface area contributed by atoms with Crippen molar-refractivity contribution >= 4 is 0 Å². The summed E-state index contributed by atoms with van der Waals surface area (Å²) in [5.41, 5.74) is 2.81. The molecule has 1 N–H and O–H groups in total. The normalized spacial score (nSPS) is 31.4. The van der Waals surface area contributed by atoms with E-state index >= 15 is 0 Å². The van der Waals surface area contributed by atoms with Gasteiger partial charge in [0.2, 0.25) is 0 Å². The van der Waals surface area contributed by atoms with Gasteiger partial charge in [-0.1, -0.05) is 38.1 Å². The van der Waals surface area contributed by atoms with Crippen molar-refractivity contribution in [2.75, 3.05) is 6.54 Å². The molecule has 0 aromatic heterocycles. The van der Waals surface area contributed by atoms with E-state index in [1.807, 2.05) is 0 Å². The van der Waals surface area contributed by atoms with Crippen LogP contribution in [0.15, 0.2) is 24.3 Å². The number of rotatable bonds is 5. The summed E-state index contributed by atoms with van der Waals surface area (Å²) in [5.74, 6) is 1.12. The molecule has 0 radical (unpaired) electrons. The van der Waals surface area contributed by atoms with Crippen molar-refractivity contribution in [1.29, 1.82) is 0 Å². The Kier molecular flexibility index (Phi) is 5.22. The van der Waals surface area contributed by atoms with Gasteiger partial charge in [-0.15, -0.1) is 0 Å². The summed E-state index contributed by atoms with van der Waals surface area (Å²) in [5, 5.41) is 3.77. The molecule has 1 aromatic carbocycles. The van der Waals surface area contributed by atoms with Crippen molar-refractivity contribution in [1.82, 2.24) is 5.32 Å². The SMILES string of the molecule is CCCNC(c1ccccc1C)C1C(C)OC(C)C1C. The van der Waals surface area contributed by atoms with Gasteiger partial charge in [0.25, 0.3) is 0 Å². The van der Waals surface area contributed by atoms with Crippen molar-refractivity contribution in [3.05, 3.63) is 35.4 Å². The van der Waals surface area contributed by atoms with Gasteiger partial charge in [0.05, 0.1) is 12.2 Å². The van der Waals surface area contributed by atoms with Gasteiger partial charge in [-0.25, -0.2) is 0 Å². The molecule has 5 atom stereocenters. The summed E-state index contributed by atoms with van der Waals surface area (Å²) in [6, 6.07) is 9.15. The lowest BCUT2D eigenvalue weighted by Gasteiger charge is -2.31. The van der Waals surface area contributed by atoms with Crippen LogP contribution >= 0.6 is 0 Å². The Morgan fingerprint density at radius 1 is 1.15 bits per heavy atom. The maximum absolute atomic E-state index is 6.07. The van der Waals surface area contributed by atoms with E-state index in [4.69, 9.17) is 4.74 Å². The van der Waals surface area contributed by atoms with Gasteiger partial charge in [0.1, 0.15) is 0 Å². The second-order valence-corrected chi connectivity index (χ2v) is 6.27. The van der Waals surface area contributed by atoms with Gasteiger partial charge in [0, 0.05) is 12.0 Å². The van der Waals surface area contributed by atoms with Crippen molar-refractivity contribution < 1.29 is 4.74 Å². The zero-order valence-electron chi connectivity index (χ0n) is 13.5. The van der Waals surface area contributed by atoms with Gasteiger partial charge in [-0.2, -0.15) is 0 Å². The molecule has 1 fully saturated rings. The van der Waals surface area contributed by atoms with Crippen LogP contribution in [-0.4, -0.2) is 18.8 Å². The smallest absolute Gasteiger partial charge is 0.0600 e. The molecule has 0 spiro atoms. The lowest BCUT2D eigenvalue weighted by Crippen LogP contribution is -2.35. The lowest BCUT2D eigenvalue weighted by molar-refractivity contribution is 0.0475. The molecule has 0 amide bonds. The number of aryl methyl sites for hydroxylation is 1. The van der Waals surface area contributed by atoms with Crippen LogP contribution in [0.2, 0.25) is 0 Å². The van der Waals surface area contributed by atoms with Gasteiger partial charge < -0.3 is 10.1 Å². The van der Waals surface area contributed by atoms with Crippen LogP contribution in [0.25, 0.3) is 0 Å². The number of nitrogens with one attached hydrogen (secondary N) is 1. The first-order chi connectivity index (χ1) is 9.56. The topological polar surface area (TPSA) is 21.3 Å². The Morgan fingerprint density at radius 2 is 1.85 bits per heavy atom. The number of hydrogen-bond donors (Lipinski definition) is 1. The van der Waals surface area contributed by atoms with Crippen LogP contribution in [0.3, 0.4) is 0 Å². The van der Waals surface area contributed by atoms with E-state index in [0.29, 0.717) is 30.1 Å². The molecule has 0 aliphatic carbocycles. The van der Waals surface area contributed by atoms with Crippen LogP contribution in [0.1, 0.15) is 51.3 Å². The molecule has 1 aliphatic rings. The van der Waals surface area contributed by atoms with Crippen LogP contribution in [0, 0.1) is 18.8 Å². The Labute approximate surface area is 123 Å². The first kappa shape index (κ1) is 15.5. The highest BCUT2D eigenvalue weighted by Gasteiger charge is 2.42. The summed E-state index contributed by atoms with van der Waals surface area (Å²) in [6.07, 6.45) is 1.83. The minimum absolute atomic E-state index is 0.314. The van der Waals surface area contributed by atoms with Crippen molar-refractivity contribution in [2.45, 2.75) is 59.3 Å². The quantitative estimate of drug-likeness (QED) is 0.873. The number of benzene rings is 1. The molecule has 1 aromatic rings. The zero-order chi connectivity index (χ0) is 14.7. The Hall–Kier alpha value is -0.860. The van der Waals surface area contributed by atoms with Gasteiger partial charge in [-0.3, -0.25) is 0 Å². The highest BCUT2D eigenvalue weighted by molar-refractivity contribution is 5.30. The average molecular weight is 275 g/mol. The third kappa shape index (κ3) is 3.07. The summed E-state index contributed by atoms with van der Waals surface area (Å²) < 4.78 is 6.07. The Balaban J connectivity index is 2.30. The first-order valence-electron chi connectivity index (χ1n) is 8.00. The average Bonchev–Trinajstić information content (AvgIpc) is 2.67. The summed E-state index contributed by atoms with van der Waals surface area (Å²) >= 11 is 0. The Morgan fingerprint density at radius 3 is 2.40 bits per heavy atom. The van der Waals surface area contributed by atoms with E-state index in [-0.39, 0.29) is 0 Å². The molecule has 0 bridgehead atoms. The third-order valence-electron chi connectivity index (χ3n) is 4.84. The maximum Gasteiger partial charge on any atom is 0.0600 e. The summed E-state index contributed by atoms with van der Waals surface area (Å²) in [4.78, 5) is 0. The first-order valence-corrected chi connectivity index (χ1v) is 8.00. The molecular formula is C18H29NO. The van der Waals surface area contributed by atoms with E-state index in [0.717, 1.165) is 13.0 Å². The molecule has 112 valence electrons. The maximum atomic E-state index is 6.07. The molecule has 2 nitrogen and oxygen atoms in total. The van der Waals surface area contributed by atoms with Gasteiger partial charge in [0.15, 0.2) is 0 Å². The minimum Gasteiger partial charge on any atom is -0.375 e. The Bertz CT molecular complexity index is 431. The van der Waals surface area contributed by atoms with E-state index in [9.17, 15) is 0 Å². The monoisotopic (exact) mass is 275 g/mol. The summed E-state index contributed by atoms with van der Waals surface area (Å²) in [7, 11) is 0. The fourth-order valence-electron chi connectivity index (χ4n) is 3.56. The molecule has 2 rings (SSSR count). The van der Waals surface area contributed by atoms with Gasteiger partial charge >= 0.3 is 0 Å². The highest BCUT2D eigenvalue weighted by atomic mass is 16.5. The second kappa shape index (κ2) is 6.73. The van der Waals surface area contributed by atoms with Crippen molar-refractivity contribution in [3.63, 3.8) is 0 Å². The number of hydrogen-bond acceptors (Lipinski definition) is 2. The molecule has 2 heteroatoms. The van der Waals surface area contributed by atoms with Crippen LogP contribution in [0.4, 0.5) is 0 Å². The van der Waals surface area contributed by atoms with Crippen molar-refractivity contribution in [2.24, 2.45) is 11.8 Å². The molecule has 1 aliphatic heterocycles. The van der Waals surface area contributed by atoms with E-state index < -0.39 is 0 Å². The highest BCUT2D eigenvalue weighted by Crippen LogP contribution is 2.41. The molecule has 5 unspecified atom stereocenters. The van der Waals surface area contributed by atoms with E-state index in [1.54, 1.807) is 0 Å². The van der Waals surface area contributed by atoms with E-state index in [1.165, 1.54) is 11.1 Å². The molecular weight excluding hydrogens is 246 g/mol. The number of ether oxygens (including phenoxy) is 1. The second-order valence-electron chi connectivity index (χ2n) is 6.27. The molecule has 20 heavy (non-hydrogen) atoms. The molecule has 1 heterocycles. The van der Waals surface area contributed by atoms with E-state index in [2.05, 4.69) is 64.2 Å². The predicted molar refractivity (Wildman–Crippen MR) is 84.9 cm³/mol. The standard InChI is InChI=1S/C18H29NO/c1-6-11-19-18(16-10-8-7-9-12(16)2)17-13(3)14(4)20-15(17)5/h7-10,13-15,17-19H,6,11H2,1-5H3. The fraction of sp³-hybridized carbons (Fsp3) is 0.667. The largest absolute Gasteiger partial charge is 0.375 e. The van der Waals surface area contributed by atoms with Crippen LogP contribution in [-0.2, 0) is 4.74 Å². The predicted octanol–water partition coefficient (Wildman–Crippen LogP) is 4.10. The minimum atomic E-state index is 0.314. The van der Waals surface area contributed by atoms with Crippen LogP contribution < -0.4 is 5.32 Å². The van der Waals surface area contributed by atoms with Crippen molar-refractivity contribution in [3.8, 4) is 0 Å². The lowest BCUT2D eigenvalue weighted by atomic mass is 9.79. The zero-order valence-corrected chi connectivity index (χ0v) is 13.5. The fourth-order valence-corrected chi connectivity index (χ4v) is 3.56. The van der Waals surface area contributed by atoms with Gasteiger partial charge in [-0.05, 0) is 50.8 Å². The molecule has 0 saturated carbocycles.